The lowest BCUT2D eigenvalue weighted by molar-refractivity contribution is -0.122. The zero-order valence-corrected chi connectivity index (χ0v) is 17.2. The molecule has 6 nitrogen and oxygen atoms in total. The highest BCUT2D eigenvalue weighted by Gasteiger charge is 2.28. The number of nitrogens with zero attached hydrogens (tertiary/aromatic N) is 2. The zero-order valence-electron chi connectivity index (χ0n) is 17.2. The van der Waals surface area contributed by atoms with Gasteiger partial charge < -0.3 is 15.0 Å². The molecule has 1 atom stereocenters. The number of Topliss-reactive ketones (excluding diaryl/α,β-unsaturated/α-hetero) is 1. The van der Waals surface area contributed by atoms with Gasteiger partial charge in [-0.25, -0.2) is 0 Å². The van der Waals surface area contributed by atoms with E-state index >= 15 is 0 Å². The maximum Gasteiger partial charge on any atom is 0.220 e. The Morgan fingerprint density at radius 3 is 2.46 bits per heavy atom. The van der Waals surface area contributed by atoms with Gasteiger partial charge in [0.05, 0.1) is 7.11 Å². The number of ether oxygens (including phenoxy) is 1. The van der Waals surface area contributed by atoms with Gasteiger partial charge in [0, 0.05) is 37.0 Å². The van der Waals surface area contributed by atoms with Crippen LogP contribution in [0.4, 0.5) is 0 Å². The van der Waals surface area contributed by atoms with E-state index < -0.39 is 0 Å². The summed E-state index contributed by atoms with van der Waals surface area (Å²) in [5.41, 5.74) is 0.625. The van der Waals surface area contributed by atoms with Crippen LogP contribution in [-0.4, -0.2) is 73.9 Å². The van der Waals surface area contributed by atoms with Gasteiger partial charge in [0.2, 0.25) is 5.91 Å². The molecule has 1 aromatic carbocycles. The average Bonchev–Trinajstić information content (AvgIpc) is 2.73. The van der Waals surface area contributed by atoms with Crippen LogP contribution in [-0.2, 0) is 4.79 Å². The first-order chi connectivity index (χ1) is 13.5. The Morgan fingerprint density at radius 1 is 1.07 bits per heavy atom. The van der Waals surface area contributed by atoms with E-state index in [4.69, 9.17) is 4.74 Å². The van der Waals surface area contributed by atoms with Crippen molar-refractivity contribution >= 4 is 11.7 Å². The minimum absolute atomic E-state index is 0.00519. The van der Waals surface area contributed by atoms with Crippen LogP contribution >= 0.6 is 0 Å². The number of carbonyl (C=O) groups excluding carboxylic acids is 2. The Bertz CT molecular complexity index is 653. The molecule has 1 aromatic rings. The summed E-state index contributed by atoms with van der Waals surface area (Å²) >= 11 is 0. The SMILES string of the molecule is COc1ccc(C(=O)CCC(=O)N[C@@H]2CCCN(C3CCN(C)CC3)C2)cc1. The van der Waals surface area contributed by atoms with E-state index in [9.17, 15) is 9.59 Å². The fourth-order valence-corrected chi connectivity index (χ4v) is 4.26. The van der Waals surface area contributed by atoms with Gasteiger partial charge in [0.15, 0.2) is 5.78 Å². The number of methoxy groups -OCH3 is 1. The highest BCUT2D eigenvalue weighted by atomic mass is 16.5. The molecule has 0 unspecified atom stereocenters. The second-order valence-electron chi connectivity index (χ2n) is 8.09. The van der Waals surface area contributed by atoms with Gasteiger partial charge in [-0.2, -0.15) is 0 Å². The summed E-state index contributed by atoms with van der Waals surface area (Å²) in [4.78, 5) is 29.6. The first-order valence-corrected chi connectivity index (χ1v) is 10.4. The topological polar surface area (TPSA) is 61.9 Å². The minimum atomic E-state index is -0.0166. The molecule has 0 aliphatic carbocycles. The molecule has 0 spiro atoms. The molecule has 2 saturated heterocycles. The van der Waals surface area contributed by atoms with E-state index in [0.29, 0.717) is 11.6 Å². The van der Waals surface area contributed by atoms with E-state index in [0.717, 1.165) is 44.8 Å². The highest BCUT2D eigenvalue weighted by molar-refractivity contribution is 5.98. The van der Waals surface area contributed by atoms with Crippen LogP contribution in [0.5, 0.6) is 5.75 Å². The van der Waals surface area contributed by atoms with Crippen LogP contribution in [0.15, 0.2) is 24.3 Å². The molecule has 2 aliphatic heterocycles. The Labute approximate surface area is 168 Å². The predicted molar refractivity (Wildman–Crippen MR) is 110 cm³/mol. The number of hydrogen-bond acceptors (Lipinski definition) is 5. The predicted octanol–water partition coefficient (Wildman–Crippen LogP) is 2.33. The molecule has 1 N–H and O–H groups in total. The molecule has 2 heterocycles. The fourth-order valence-electron chi connectivity index (χ4n) is 4.26. The van der Waals surface area contributed by atoms with Gasteiger partial charge in [-0.3, -0.25) is 14.5 Å². The number of piperidine rings is 2. The lowest BCUT2D eigenvalue weighted by atomic mass is 9.98. The van der Waals surface area contributed by atoms with Crippen LogP contribution in [0.2, 0.25) is 0 Å². The van der Waals surface area contributed by atoms with Crippen molar-refractivity contribution in [2.24, 2.45) is 0 Å². The molecular formula is C22H33N3O3. The molecule has 0 radical (unpaired) electrons. The van der Waals surface area contributed by atoms with Gasteiger partial charge in [0.25, 0.3) is 0 Å². The van der Waals surface area contributed by atoms with Crippen LogP contribution in [0.1, 0.15) is 48.9 Å². The van der Waals surface area contributed by atoms with E-state index in [1.165, 1.54) is 12.8 Å². The van der Waals surface area contributed by atoms with Gasteiger partial charge >= 0.3 is 0 Å². The summed E-state index contributed by atoms with van der Waals surface area (Å²) < 4.78 is 5.11. The molecule has 28 heavy (non-hydrogen) atoms. The van der Waals surface area contributed by atoms with Crippen LogP contribution in [0.25, 0.3) is 0 Å². The number of hydrogen-bond donors (Lipinski definition) is 1. The van der Waals surface area contributed by atoms with Crippen molar-refractivity contribution in [3.63, 3.8) is 0 Å². The maximum atomic E-state index is 12.4. The highest BCUT2D eigenvalue weighted by Crippen LogP contribution is 2.21. The number of nitrogens with one attached hydrogen (secondary N) is 1. The molecule has 3 rings (SSSR count). The van der Waals surface area contributed by atoms with Crippen LogP contribution < -0.4 is 10.1 Å². The Balaban J connectivity index is 1.41. The van der Waals surface area contributed by atoms with Gasteiger partial charge in [-0.15, -0.1) is 0 Å². The van der Waals surface area contributed by atoms with Crippen LogP contribution in [0, 0.1) is 0 Å². The molecule has 0 aromatic heterocycles. The minimum Gasteiger partial charge on any atom is -0.497 e. The first kappa shape index (κ1) is 20.8. The van der Waals surface area contributed by atoms with Gasteiger partial charge in [0.1, 0.15) is 5.75 Å². The van der Waals surface area contributed by atoms with Crippen molar-refractivity contribution in [1.82, 2.24) is 15.1 Å². The summed E-state index contributed by atoms with van der Waals surface area (Å²) in [6.07, 6.45) is 5.07. The van der Waals surface area contributed by atoms with Crippen molar-refractivity contribution in [3.05, 3.63) is 29.8 Å². The third-order valence-electron chi connectivity index (χ3n) is 6.01. The number of amides is 1. The van der Waals surface area contributed by atoms with E-state index in [1.807, 2.05) is 0 Å². The van der Waals surface area contributed by atoms with Gasteiger partial charge in [-0.1, -0.05) is 0 Å². The second kappa shape index (κ2) is 10.0. The number of benzene rings is 1. The van der Waals surface area contributed by atoms with Crippen molar-refractivity contribution in [1.29, 1.82) is 0 Å². The lowest BCUT2D eigenvalue weighted by Crippen LogP contribution is -2.53. The van der Waals surface area contributed by atoms with Crippen molar-refractivity contribution < 1.29 is 14.3 Å². The standard InChI is InChI=1S/C22H33N3O3/c1-24-14-11-19(12-15-24)25-13-3-4-18(16-25)23-22(27)10-9-21(26)17-5-7-20(28-2)8-6-17/h5-8,18-19H,3-4,9-16H2,1-2H3,(H,23,27)/t18-/m1/s1. The first-order valence-electron chi connectivity index (χ1n) is 10.4. The molecule has 0 saturated carbocycles. The van der Waals surface area contributed by atoms with E-state index in [1.54, 1.807) is 31.4 Å². The quantitative estimate of drug-likeness (QED) is 0.728. The molecule has 2 fully saturated rings. The number of likely N-dealkylation sites (tertiary alicyclic amines) is 2. The maximum absolute atomic E-state index is 12.4. The zero-order chi connectivity index (χ0) is 19.9. The summed E-state index contributed by atoms with van der Waals surface area (Å²) in [7, 11) is 3.78. The molecule has 1 amide bonds. The Kier molecular flexibility index (Phi) is 7.45. The van der Waals surface area contributed by atoms with Crippen molar-refractivity contribution in [2.75, 3.05) is 40.3 Å². The van der Waals surface area contributed by atoms with Crippen molar-refractivity contribution in [3.8, 4) is 5.75 Å². The normalized spacial score (nSPS) is 22.0. The summed E-state index contributed by atoms with van der Waals surface area (Å²) in [5, 5.41) is 3.16. The average molecular weight is 388 g/mol. The molecule has 6 heteroatoms. The summed E-state index contributed by atoms with van der Waals surface area (Å²) in [6.45, 7) is 4.39. The lowest BCUT2D eigenvalue weighted by Gasteiger charge is -2.41. The fraction of sp³-hybridized carbons (Fsp3) is 0.636. The van der Waals surface area contributed by atoms with E-state index in [2.05, 4.69) is 22.2 Å². The number of carbonyl (C=O) groups is 2. The summed E-state index contributed by atoms with van der Waals surface area (Å²) in [6, 6.07) is 7.89. The largest absolute Gasteiger partial charge is 0.497 e. The van der Waals surface area contributed by atoms with Crippen molar-refractivity contribution in [2.45, 2.75) is 50.6 Å². The molecule has 154 valence electrons. The van der Waals surface area contributed by atoms with Gasteiger partial charge in [-0.05, 0) is 76.6 Å². The molecular weight excluding hydrogens is 354 g/mol. The number of ketones is 1. The smallest absolute Gasteiger partial charge is 0.220 e. The Morgan fingerprint density at radius 2 is 1.79 bits per heavy atom. The monoisotopic (exact) mass is 387 g/mol. The molecule has 0 bridgehead atoms. The number of rotatable bonds is 7. The second-order valence-corrected chi connectivity index (χ2v) is 8.09. The Hall–Kier alpha value is -1.92. The third kappa shape index (κ3) is 5.79. The molecule has 2 aliphatic rings. The summed E-state index contributed by atoms with van der Waals surface area (Å²) in [5.74, 6) is 0.701. The van der Waals surface area contributed by atoms with E-state index in [-0.39, 0.29) is 30.6 Å². The third-order valence-corrected chi connectivity index (χ3v) is 6.01. The van der Waals surface area contributed by atoms with Crippen LogP contribution in [0.3, 0.4) is 0 Å².